The van der Waals surface area contributed by atoms with E-state index in [4.69, 9.17) is 39.5 Å². The number of nitrogens with zero attached hydrogens (tertiary/aromatic N) is 1. The maximum absolute atomic E-state index is 11.9. The van der Waals surface area contributed by atoms with Crippen LogP contribution in [-0.2, 0) is 9.59 Å². The van der Waals surface area contributed by atoms with E-state index in [9.17, 15) is 9.59 Å². The second-order valence-electron chi connectivity index (χ2n) is 5.85. The maximum atomic E-state index is 11.9. The molecule has 0 radical (unpaired) electrons. The zero-order chi connectivity index (χ0) is 19.4. The SMILES string of the molecule is O=C(COc1ccc(N2CCCC2=O)cc1)NNc1c(Cl)cc(Cl)cc1Cl. The molecule has 2 amide bonds. The van der Waals surface area contributed by atoms with Crippen molar-refractivity contribution in [2.75, 3.05) is 23.5 Å². The molecule has 2 aromatic rings. The Morgan fingerprint density at radius 2 is 1.78 bits per heavy atom. The molecule has 1 fully saturated rings. The van der Waals surface area contributed by atoms with Crippen molar-refractivity contribution in [1.82, 2.24) is 5.43 Å². The van der Waals surface area contributed by atoms with Gasteiger partial charge in [-0.05, 0) is 42.8 Å². The molecule has 142 valence electrons. The Morgan fingerprint density at radius 1 is 1.11 bits per heavy atom. The van der Waals surface area contributed by atoms with Crippen molar-refractivity contribution in [3.8, 4) is 5.75 Å². The summed E-state index contributed by atoms with van der Waals surface area (Å²) in [6, 6.07) is 10.0. The fourth-order valence-corrected chi connectivity index (χ4v) is 3.53. The quantitative estimate of drug-likeness (QED) is 0.673. The fraction of sp³-hybridized carbons (Fsp3) is 0.222. The summed E-state index contributed by atoms with van der Waals surface area (Å²) in [5.41, 5.74) is 6.27. The minimum atomic E-state index is -0.420. The zero-order valence-corrected chi connectivity index (χ0v) is 16.4. The normalized spacial score (nSPS) is 13.6. The second kappa shape index (κ2) is 8.69. The third-order valence-corrected chi connectivity index (χ3v) is 4.74. The minimum absolute atomic E-state index is 0.119. The van der Waals surface area contributed by atoms with E-state index in [1.165, 1.54) is 12.1 Å². The molecule has 1 saturated heterocycles. The number of hydrogen-bond acceptors (Lipinski definition) is 4. The molecule has 0 aromatic heterocycles. The topological polar surface area (TPSA) is 70.7 Å². The molecule has 0 bridgehead atoms. The molecule has 0 saturated carbocycles. The van der Waals surface area contributed by atoms with Crippen molar-refractivity contribution in [3.05, 3.63) is 51.5 Å². The molecule has 3 rings (SSSR count). The van der Waals surface area contributed by atoms with Crippen LogP contribution in [0.2, 0.25) is 15.1 Å². The summed E-state index contributed by atoms with van der Waals surface area (Å²) in [6.45, 7) is 0.515. The van der Waals surface area contributed by atoms with Gasteiger partial charge in [0.1, 0.15) is 5.75 Å². The monoisotopic (exact) mass is 427 g/mol. The molecule has 0 aliphatic carbocycles. The Balaban J connectivity index is 1.50. The molecule has 1 aliphatic rings. The van der Waals surface area contributed by atoms with E-state index in [1.54, 1.807) is 29.2 Å². The number of nitrogens with one attached hydrogen (secondary N) is 2. The summed E-state index contributed by atoms with van der Waals surface area (Å²) in [4.78, 5) is 25.4. The number of carbonyl (C=O) groups is 2. The van der Waals surface area contributed by atoms with Gasteiger partial charge in [-0.1, -0.05) is 34.8 Å². The molecule has 9 heteroatoms. The highest BCUT2D eigenvalue weighted by Crippen LogP contribution is 2.33. The number of rotatable bonds is 6. The molecule has 6 nitrogen and oxygen atoms in total. The van der Waals surface area contributed by atoms with Crippen LogP contribution in [0.5, 0.6) is 5.75 Å². The van der Waals surface area contributed by atoms with Crippen LogP contribution in [0.1, 0.15) is 12.8 Å². The Hall–Kier alpha value is -2.15. The summed E-state index contributed by atoms with van der Waals surface area (Å²) in [6.07, 6.45) is 1.44. The molecule has 0 unspecified atom stereocenters. The molecule has 1 aliphatic heterocycles. The maximum Gasteiger partial charge on any atom is 0.276 e. The zero-order valence-electron chi connectivity index (χ0n) is 14.1. The number of benzene rings is 2. The first kappa shape index (κ1) is 19.6. The first-order chi connectivity index (χ1) is 12.9. The van der Waals surface area contributed by atoms with E-state index in [2.05, 4.69) is 10.9 Å². The Morgan fingerprint density at radius 3 is 2.37 bits per heavy atom. The van der Waals surface area contributed by atoms with Crippen molar-refractivity contribution in [2.45, 2.75) is 12.8 Å². The molecule has 27 heavy (non-hydrogen) atoms. The van der Waals surface area contributed by atoms with Gasteiger partial charge in [0.05, 0.1) is 15.7 Å². The average molecular weight is 429 g/mol. The lowest BCUT2D eigenvalue weighted by atomic mass is 10.3. The van der Waals surface area contributed by atoms with Gasteiger partial charge in [-0.3, -0.25) is 20.4 Å². The van der Waals surface area contributed by atoms with Gasteiger partial charge in [-0.2, -0.15) is 0 Å². The lowest BCUT2D eigenvalue weighted by molar-refractivity contribution is -0.122. The summed E-state index contributed by atoms with van der Waals surface area (Å²) in [7, 11) is 0. The van der Waals surface area contributed by atoms with Crippen molar-refractivity contribution >= 4 is 58.0 Å². The number of amides is 2. The fourth-order valence-electron chi connectivity index (χ4n) is 2.62. The lowest BCUT2D eigenvalue weighted by Crippen LogP contribution is -2.33. The van der Waals surface area contributed by atoms with Crippen LogP contribution in [0.3, 0.4) is 0 Å². The summed E-state index contributed by atoms with van der Waals surface area (Å²) in [5.74, 6) is 0.215. The molecule has 0 spiro atoms. The largest absolute Gasteiger partial charge is 0.484 e. The Bertz CT molecular complexity index is 836. The average Bonchev–Trinajstić information content (AvgIpc) is 3.05. The number of hydrogen-bond donors (Lipinski definition) is 2. The van der Waals surface area contributed by atoms with Gasteiger partial charge in [-0.25, -0.2) is 0 Å². The molecular weight excluding hydrogens is 413 g/mol. The molecular formula is C18H16Cl3N3O3. The summed E-state index contributed by atoms with van der Waals surface area (Å²) >= 11 is 17.9. The van der Waals surface area contributed by atoms with Crippen LogP contribution >= 0.6 is 34.8 Å². The Labute approximate surface area is 171 Å². The van der Waals surface area contributed by atoms with Crippen molar-refractivity contribution in [2.24, 2.45) is 0 Å². The van der Waals surface area contributed by atoms with Gasteiger partial charge in [0.2, 0.25) is 5.91 Å². The van der Waals surface area contributed by atoms with Crippen LogP contribution < -0.4 is 20.5 Å². The van der Waals surface area contributed by atoms with Gasteiger partial charge in [0, 0.05) is 23.7 Å². The molecule has 2 N–H and O–H groups in total. The van der Waals surface area contributed by atoms with Crippen molar-refractivity contribution < 1.29 is 14.3 Å². The summed E-state index contributed by atoms with van der Waals surface area (Å²) < 4.78 is 5.44. The highest BCUT2D eigenvalue weighted by Gasteiger charge is 2.21. The van der Waals surface area contributed by atoms with E-state index >= 15 is 0 Å². The van der Waals surface area contributed by atoms with E-state index in [-0.39, 0.29) is 22.6 Å². The van der Waals surface area contributed by atoms with E-state index in [0.717, 1.165) is 18.7 Å². The first-order valence-electron chi connectivity index (χ1n) is 8.16. The van der Waals surface area contributed by atoms with Crippen molar-refractivity contribution in [1.29, 1.82) is 0 Å². The highest BCUT2D eigenvalue weighted by molar-refractivity contribution is 6.41. The van der Waals surface area contributed by atoms with Crippen molar-refractivity contribution in [3.63, 3.8) is 0 Å². The van der Waals surface area contributed by atoms with Gasteiger partial charge < -0.3 is 9.64 Å². The summed E-state index contributed by atoms with van der Waals surface area (Å²) in [5, 5.41) is 0.950. The number of halogens is 3. The number of ether oxygens (including phenoxy) is 1. The van der Waals surface area contributed by atoms with Crippen LogP contribution in [0.4, 0.5) is 11.4 Å². The standard InChI is InChI=1S/C18H16Cl3N3O3/c19-11-8-14(20)18(15(21)9-11)23-22-16(25)10-27-13-5-3-12(4-6-13)24-7-1-2-17(24)26/h3-6,8-9,23H,1-2,7,10H2,(H,22,25). The predicted molar refractivity (Wildman–Crippen MR) is 107 cm³/mol. The van der Waals surface area contributed by atoms with Gasteiger partial charge in [-0.15, -0.1) is 0 Å². The van der Waals surface area contributed by atoms with Crippen LogP contribution in [-0.4, -0.2) is 25.0 Å². The van der Waals surface area contributed by atoms with E-state index in [0.29, 0.717) is 22.9 Å². The lowest BCUT2D eigenvalue weighted by Gasteiger charge is -2.16. The second-order valence-corrected chi connectivity index (χ2v) is 7.10. The third-order valence-electron chi connectivity index (χ3n) is 3.93. The molecule has 0 atom stereocenters. The minimum Gasteiger partial charge on any atom is -0.484 e. The molecule has 1 heterocycles. The van der Waals surface area contributed by atoms with Crippen LogP contribution in [0.15, 0.2) is 36.4 Å². The van der Waals surface area contributed by atoms with Gasteiger partial charge in [0.25, 0.3) is 5.91 Å². The number of carbonyl (C=O) groups excluding carboxylic acids is 2. The Kier molecular flexibility index (Phi) is 6.31. The third kappa shape index (κ3) is 4.97. The number of anilines is 2. The van der Waals surface area contributed by atoms with Gasteiger partial charge >= 0.3 is 0 Å². The first-order valence-corrected chi connectivity index (χ1v) is 9.30. The van der Waals surface area contributed by atoms with Crippen LogP contribution in [0, 0.1) is 0 Å². The van der Waals surface area contributed by atoms with Crippen LogP contribution in [0.25, 0.3) is 0 Å². The smallest absolute Gasteiger partial charge is 0.276 e. The number of hydrazine groups is 1. The van der Waals surface area contributed by atoms with E-state index < -0.39 is 5.91 Å². The van der Waals surface area contributed by atoms with Gasteiger partial charge in [0.15, 0.2) is 6.61 Å². The van der Waals surface area contributed by atoms with E-state index in [1.807, 2.05) is 0 Å². The predicted octanol–water partition coefficient (Wildman–Crippen LogP) is 4.30. The molecule has 2 aromatic carbocycles. The highest BCUT2D eigenvalue weighted by atomic mass is 35.5.